The van der Waals surface area contributed by atoms with Crippen LogP contribution in [0.5, 0.6) is 5.75 Å². The molecule has 0 aromatic carbocycles. The van der Waals surface area contributed by atoms with Gasteiger partial charge in [0.1, 0.15) is 0 Å². The SMILES string of the molecule is CCCn1cc(OC(C)CCCNC)cn1. The molecule has 0 amide bonds. The second-order valence-electron chi connectivity index (χ2n) is 4.11. The molecule has 0 saturated heterocycles. The summed E-state index contributed by atoms with van der Waals surface area (Å²) in [6, 6.07) is 0. The fraction of sp³-hybridized carbons (Fsp3) is 0.750. The van der Waals surface area contributed by atoms with Gasteiger partial charge in [-0.2, -0.15) is 5.10 Å². The Balaban J connectivity index is 2.28. The first kappa shape index (κ1) is 13.0. The third-order valence-electron chi connectivity index (χ3n) is 2.44. The molecule has 1 unspecified atom stereocenters. The number of aromatic nitrogens is 2. The summed E-state index contributed by atoms with van der Waals surface area (Å²) in [6.07, 6.45) is 7.33. The number of nitrogens with one attached hydrogen (secondary N) is 1. The molecule has 92 valence electrons. The normalized spacial score (nSPS) is 12.7. The van der Waals surface area contributed by atoms with Gasteiger partial charge in [0.2, 0.25) is 0 Å². The molecule has 1 heterocycles. The summed E-state index contributed by atoms with van der Waals surface area (Å²) >= 11 is 0. The molecular formula is C12H23N3O. The molecule has 0 radical (unpaired) electrons. The molecular weight excluding hydrogens is 202 g/mol. The van der Waals surface area contributed by atoms with Gasteiger partial charge in [0.15, 0.2) is 5.75 Å². The highest BCUT2D eigenvalue weighted by Crippen LogP contribution is 2.13. The summed E-state index contributed by atoms with van der Waals surface area (Å²) in [6.45, 7) is 6.25. The topological polar surface area (TPSA) is 39.1 Å². The number of aryl methyl sites for hydroxylation is 1. The predicted octanol–water partition coefficient (Wildman–Crippen LogP) is 2.06. The first-order valence-corrected chi connectivity index (χ1v) is 6.10. The standard InChI is InChI=1S/C12H23N3O/c1-4-8-15-10-12(9-14-15)16-11(2)6-5-7-13-3/h9-11,13H,4-8H2,1-3H3. The lowest BCUT2D eigenvalue weighted by molar-refractivity contribution is 0.207. The van der Waals surface area contributed by atoms with Crippen molar-refractivity contribution < 1.29 is 4.74 Å². The number of hydrogen-bond acceptors (Lipinski definition) is 3. The Bertz CT molecular complexity index is 286. The minimum absolute atomic E-state index is 0.257. The van der Waals surface area contributed by atoms with E-state index < -0.39 is 0 Å². The van der Waals surface area contributed by atoms with Gasteiger partial charge >= 0.3 is 0 Å². The Labute approximate surface area is 98.0 Å². The van der Waals surface area contributed by atoms with Crippen molar-refractivity contribution in [3.63, 3.8) is 0 Å². The van der Waals surface area contributed by atoms with Crippen LogP contribution in [0.25, 0.3) is 0 Å². The van der Waals surface area contributed by atoms with E-state index in [-0.39, 0.29) is 6.10 Å². The maximum absolute atomic E-state index is 5.78. The number of nitrogens with zero attached hydrogens (tertiary/aromatic N) is 2. The molecule has 1 aromatic heterocycles. The summed E-state index contributed by atoms with van der Waals surface area (Å²) in [5, 5.41) is 7.37. The molecule has 1 rings (SSSR count). The van der Waals surface area contributed by atoms with E-state index in [1.807, 2.05) is 17.9 Å². The second-order valence-corrected chi connectivity index (χ2v) is 4.11. The first-order chi connectivity index (χ1) is 7.76. The van der Waals surface area contributed by atoms with Crippen LogP contribution >= 0.6 is 0 Å². The zero-order valence-electron chi connectivity index (χ0n) is 10.6. The maximum Gasteiger partial charge on any atom is 0.157 e. The van der Waals surface area contributed by atoms with Crippen molar-refractivity contribution in [3.8, 4) is 5.75 Å². The lowest BCUT2D eigenvalue weighted by Crippen LogP contribution is -2.15. The van der Waals surface area contributed by atoms with Crippen LogP contribution in [0.15, 0.2) is 12.4 Å². The van der Waals surface area contributed by atoms with Crippen molar-refractivity contribution in [3.05, 3.63) is 12.4 Å². The Hall–Kier alpha value is -1.03. The third kappa shape index (κ3) is 4.66. The highest BCUT2D eigenvalue weighted by Gasteiger charge is 2.05. The second kappa shape index (κ2) is 7.28. The van der Waals surface area contributed by atoms with Gasteiger partial charge in [-0.05, 0) is 39.8 Å². The van der Waals surface area contributed by atoms with E-state index in [1.54, 1.807) is 6.20 Å². The van der Waals surface area contributed by atoms with Gasteiger partial charge in [-0.1, -0.05) is 6.92 Å². The third-order valence-corrected chi connectivity index (χ3v) is 2.44. The van der Waals surface area contributed by atoms with Crippen molar-refractivity contribution in [2.45, 2.75) is 45.8 Å². The highest BCUT2D eigenvalue weighted by molar-refractivity contribution is 5.11. The number of ether oxygens (including phenoxy) is 1. The van der Waals surface area contributed by atoms with Crippen molar-refractivity contribution in [2.75, 3.05) is 13.6 Å². The summed E-state index contributed by atoms with van der Waals surface area (Å²) < 4.78 is 7.70. The van der Waals surface area contributed by atoms with E-state index in [4.69, 9.17) is 4.74 Å². The Morgan fingerprint density at radius 1 is 1.56 bits per heavy atom. The summed E-state index contributed by atoms with van der Waals surface area (Å²) in [7, 11) is 1.97. The fourth-order valence-corrected chi connectivity index (χ4v) is 1.61. The van der Waals surface area contributed by atoms with Gasteiger partial charge in [-0.3, -0.25) is 4.68 Å². The molecule has 1 aromatic rings. The van der Waals surface area contributed by atoms with Crippen LogP contribution < -0.4 is 10.1 Å². The molecule has 1 atom stereocenters. The minimum atomic E-state index is 0.257. The van der Waals surface area contributed by atoms with Crippen LogP contribution in [0, 0.1) is 0 Å². The van der Waals surface area contributed by atoms with E-state index in [9.17, 15) is 0 Å². The summed E-state index contributed by atoms with van der Waals surface area (Å²) in [4.78, 5) is 0. The summed E-state index contributed by atoms with van der Waals surface area (Å²) in [5.74, 6) is 0.880. The molecule has 4 nitrogen and oxygen atoms in total. The molecule has 0 saturated carbocycles. The maximum atomic E-state index is 5.78. The van der Waals surface area contributed by atoms with E-state index in [2.05, 4.69) is 24.3 Å². The average Bonchev–Trinajstić information content (AvgIpc) is 2.66. The van der Waals surface area contributed by atoms with Crippen molar-refractivity contribution in [2.24, 2.45) is 0 Å². The van der Waals surface area contributed by atoms with Crippen LogP contribution in [0.4, 0.5) is 0 Å². The Morgan fingerprint density at radius 3 is 3.06 bits per heavy atom. The van der Waals surface area contributed by atoms with Crippen LogP contribution in [0.1, 0.15) is 33.1 Å². The van der Waals surface area contributed by atoms with Gasteiger partial charge in [0.25, 0.3) is 0 Å². The quantitative estimate of drug-likeness (QED) is 0.688. The molecule has 4 heteroatoms. The minimum Gasteiger partial charge on any atom is -0.487 e. The van der Waals surface area contributed by atoms with Gasteiger partial charge in [-0.25, -0.2) is 0 Å². The molecule has 0 aliphatic heterocycles. The van der Waals surface area contributed by atoms with E-state index >= 15 is 0 Å². The Morgan fingerprint density at radius 2 is 2.38 bits per heavy atom. The van der Waals surface area contributed by atoms with Crippen LogP contribution in [-0.4, -0.2) is 29.5 Å². The zero-order valence-corrected chi connectivity index (χ0v) is 10.6. The fourth-order valence-electron chi connectivity index (χ4n) is 1.61. The predicted molar refractivity (Wildman–Crippen MR) is 65.8 cm³/mol. The van der Waals surface area contributed by atoms with Crippen LogP contribution in [0.2, 0.25) is 0 Å². The lowest BCUT2D eigenvalue weighted by Gasteiger charge is -2.12. The monoisotopic (exact) mass is 225 g/mol. The lowest BCUT2D eigenvalue weighted by atomic mass is 10.2. The number of rotatable bonds is 8. The van der Waals surface area contributed by atoms with Gasteiger partial charge in [-0.15, -0.1) is 0 Å². The number of hydrogen-bond donors (Lipinski definition) is 1. The van der Waals surface area contributed by atoms with E-state index in [0.29, 0.717) is 0 Å². The molecule has 0 aliphatic carbocycles. The van der Waals surface area contributed by atoms with Gasteiger partial charge in [0.05, 0.1) is 18.5 Å². The van der Waals surface area contributed by atoms with Gasteiger partial charge in [0, 0.05) is 6.54 Å². The summed E-state index contributed by atoms with van der Waals surface area (Å²) in [5.41, 5.74) is 0. The van der Waals surface area contributed by atoms with Crippen molar-refractivity contribution in [1.82, 2.24) is 15.1 Å². The molecule has 1 N–H and O–H groups in total. The highest BCUT2D eigenvalue weighted by atomic mass is 16.5. The van der Waals surface area contributed by atoms with Crippen molar-refractivity contribution in [1.29, 1.82) is 0 Å². The zero-order chi connectivity index (χ0) is 11.8. The van der Waals surface area contributed by atoms with Crippen molar-refractivity contribution >= 4 is 0 Å². The average molecular weight is 225 g/mol. The van der Waals surface area contributed by atoms with E-state index in [0.717, 1.165) is 38.1 Å². The molecule has 0 fully saturated rings. The molecule has 16 heavy (non-hydrogen) atoms. The van der Waals surface area contributed by atoms with Crippen LogP contribution in [0.3, 0.4) is 0 Å². The molecule has 0 bridgehead atoms. The van der Waals surface area contributed by atoms with Crippen LogP contribution in [-0.2, 0) is 6.54 Å². The van der Waals surface area contributed by atoms with E-state index in [1.165, 1.54) is 0 Å². The van der Waals surface area contributed by atoms with Gasteiger partial charge < -0.3 is 10.1 Å². The largest absolute Gasteiger partial charge is 0.487 e. The first-order valence-electron chi connectivity index (χ1n) is 6.10. The molecule has 0 spiro atoms. The molecule has 0 aliphatic rings. The Kier molecular flexibility index (Phi) is 5.93. The smallest absolute Gasteiger partial charge is 0.157 e.